The van der Waals surface area contributed by atoms with Crippen LogP contribution in [0.15, 0.2) is 24.3 Å². The molecule has 2 aromatic rings. The van der Waals surface area contributed by atoms with E-state index in [1.165, 1.54) is 0 Å². The number of aryl methyl sites for hydroxylation is 1. The number of nitrogens with one attached hydrogen (secondary N) is 2. The van der Waals surface area contributed by atoms with Gasteiger partial charge in [-0.1, -0.05) is 11.6 Å². The molecule has 1 amide bonds. The van der Waals surface area contributed by atoms with Crippen LogP contribution in [0.3, 0.4) is 0 Å². The fourth-order valence-electron chi connectivity index (χ4n) is 1.22. The van der Waals surface area contributed by atoms with E-state index in [-0.39, 0.29) is 11.6 Å². The molecule has 0 unspecified atom stereocenters. The standard InChI is InChI=1S/C10H9ClN4O/c1-6-9(14-15-13-6)10(16)12-8-4-2-7(11)3-5-8/h2-5H,1H3,(H,12,16)(H,13,14,15). The highest BCUT2D eigenvalue weighted by atomic mass is 35.5. The first-order valence-corrected chi connectivity index (χ1v) is 4.99. The van der Waals surface area contributed by atoms with E-state index in [9.17, 15) is 4.79 Å². The summed E-state index contributed by atoms with van der Waals surface area (Å²) < 4.78 is 0. The molecule has 5 nitrogen and oxygen atoms in total. The molecule has 2 rings (SSSR count). The van der Waals surface area contributed by atoms with Gasteiger partial charge in [0.2, 0.25) is 0 Å². The Morgan fingerprint density at radius 1 is 1.31 bits per heavy atom. The quantitative estimate of drug-likeness (QED) is 0.838. The van der Waals surface area contributed by atoms with Gasteiger partial charge in [0.05, 0.1) is 5.69 Å². The van der Waals surface area contributed by atoms with Gasteiger partial charge in [0, 0.05) is 10.7 Å². The Morgan fingerprint density at radius 2 is 2.00 bits per heavy atom. The lowest BCUT2D eigenvalue weighted by atomic mass is 10.3. The Morgan fingerprint density at radius 3 is 2.56 bits per heavy atom. The van der Waals surface area contributed by atoms with Crippen LogP contribution >= 0.6 is 11.6 Å². The summed E-state index contributed by atoms with van der Waals surface area (Å²) in [4.78, 5) is 11.7. The highest BCUT2D eigenvalue weighted by molar-refractivity contribution is 6.30. The smallest absolute Gasteiger partial charge is 0.278 e. The molecule has 0 atom stereocenters. The van der Waals surface area contributed by atoms with Crippen LogP contribution in [0, 0.1) is 6.92 Å². The summed E-state index contributed by atoms with van der Waals surface area (Å²) in [5, 5.41) is 13.2. The summed E-state index contributed by atoms with van der Waals surface area (Å²) in [6.07, 6.45) is 0. The van der Waals surface area contributed by atoms with Crippen LogP contribution in [-0.4, -0.2) is 21.3 Å². The summed E-state index contributed by atoms with van der Waals surface area (Å²) in [6.45, 7) is 1.71. The molecule has 0 radical (unpaired) electrons. The van der Waals surface area contributed by atoms with Crippen molar-refractivity contribution in [2.75, 3.05) is 5.32 Å². The monoisotopic (exact) mass is 236 g/mol. The number of halogens is 1. The van der Waals surface area contributed by atoms with Gasteiger partial charge in [-0.2, -0.15) is 15.4 Å². The van der Waals surface area contributed by atoms with Gasteiger partial charge in [-0.25, -0.2) is 0 Å². The Hall–Kier alpha value is -1.88. The summed E-state index contributed by atoms with van der Waals surface area (Å²) in [5.74, 6) is -0.298. The first-order valence-electron chi connectivity index (χ1n) is 4.61. The van der Waals surface area contributed by atoms with E-state index in [0.717, 1.165) is 0 Å². The Kier molecular flexibility index (Phi) is 2.87. The Balaban J connectivity index is 2.14. The van der Waals surface area contributed by atoms with Crippen molar-refractivity contribution in [2.24, 2.45) is 0 Å². The average molecular weight is 237 g/mol. The van der Waals surface area contributed by atoms with E-state index < -0.39 is 0 Å². The second-order valence-corrected chi connectivity index (χ2v) is 3.66. The minimum atomic E-state index is -0.298. The van der Waals surface area contributed by atoms with Gasteiger partial charge in [-0.05, 0) is 31.2 Å². The number of amides is 1. The van der Waals surface area contributed by atoms with Crippen LogP contribution in [0.2, 0.25) is 5.02 Å². The maximum atomic E-state index is 11.7. The lowest BCUT2D eigenvalue weighted by Crippen LogP contribution is -2.13. The van der Waals surface area contributed by atoms with Crippen molar-refractivity contribution >= 4 is 23.2 Å². The van der Waals surface area contributed by atoms with E-state index in [2.05, 4.69) is 20.7 Å². The number of benzene rings is 1. The fraction of sp³-hybridized carbons (Fsp3) is 0.100. The molecule has 0 saturated carbocycles. The van der Waals surface area contributed by atoms with Crippen LogP contribution in [-0.2, 0) is 0 Å². The third-order valence-electron chi connectivity index (χ3n) is 2.04. The molecule has 0 fully saturated rings. The zero-order valence-electron chi connectivity index (χ0n) is 8.49. The molecule has 0 aliphatic rings. The minimum absolute atomic E-state index is 0.287. The maximum Gasteiger partial charge on any atom is 0.278 e. The molecule has 0 saturated heterocycles. The predicted octanol–water partition coefficient (Wildman–Crippen LogP) is 2.02. The molecule has 1 aromatic carbocycles. The second kappa shape index (κ2) is 4.32. The predicted molar refractivity (Wildman–Crippen MR) is 60.5 cm³/mol. The first-order chi connectivity index (χ1) is 7.66. The molecule has 82 valence electrons. The third kappa shape index (κ3) is 2.20. The zero-order chi connectivity index (χ0) is 11.5. The van der Waals surface area contributed by atoms with E-state index in [1.54, 1.807) is 31.2 Å². The number of aromatic amines is 1. The second-order valence-electron chi connectivity index (χ2n) is 3.22. The van der Waals surface area contributed by atoms with Crippen LogP contribution < -0.4 is 5.32 Å². The minimum Gasteiger partial charge on any atom is -0.321 e. The topological polar surface area (TPSA) is 70.7 Å². The van der Waals surface area contributed by atoms with Gasteiger partial charge >= 0.3 is 0 Å². The van der Waals surface area contributed by atoms with E-state index in [0.29, 0.717) is 16.4 Å². The maximum absolute atomic E-state index is 11.7. The van der Waals surface area contributed by atoms with E-state index in [1.807, 2.05) is 0 Å². The van der Waals surface area contributed by atoms with Crippen molar-refractivity contribution < 1.29 is 4.79 Å². The molecule has 2 N–H and O–H groups in total. The van der Waals surface area contributed by atoms with Crippen molar-refractivity contribution in [2.45, 2.75) is 6.92 Å². The molecular weight excluding hydrogens is 228 g/mol. The van der Waals surface area contributed by atoms with Gasteiger partial charge in [-0.3, -0.25) is 4.79 Å². The van der Waals surface area contributed by atoms with E-state index in [4.69, 9.17) is 11.6 Å². The van der Waals surface area contributed by atoms with Gasteiger partial charge in [0.15, 0.2) is 5.69 Å². The number of hydrogen-bond acceptors (Lipinski definition) is 3. The lowest BCUT2D eigenvalue weighted by molar-refractivity contribution is 0.102. The van der Waals surface area contributed by atoms with Crippen LogP contribution in [0.4, 0.5) is 5.69 Å². The van der Waals surface area contributed by atoms with Crippen molar-refractivity contribution in [3.63, 3.8) is 0 Å². The summed E-state index contributed by atoms with van der Waals surface area (Å²) in [7, 11) is 0. The van der Waals surface area contributed by atoms with Gasteiger partial charge in [0.1, 0.15) is 0 Å². The highest BCUT2D eigenvalue weighted by Crippen LogP contribution is 2.14. The van der Waals surface area contributed by atoms with Crippen LogP contribution in [0.25, 0.3) is 0 Å². The summed E-state index contributed by atoms with van der Waals surface area (Å²) >= 11 is 5.73. The summed E-state index contributed by atoms with van der Waals surface area (Å²) in [6, 6.07) is 6.84. The van der Waals surface area contributed by atoms with Crippen molar-refractivity contribution in [1.29, 1.82) is 0 Å². The third-order valence-corrected chi connectivity index (χ3v) is 2.29. The zero-order valence-corrected chi connectivity index (χ0v) is 9.25. The molecule has 16 heavy (non-hydrogen) atoms. The molecule has 0 bridgehead atoms. The number of hydrogen-bond donors (Lipinski definition) is 2. The largest absolute Gasteiger partial charge is 0.321 e. The van der Waals surface area contributed by atoms with Gasteiger partial charge in [-0.15, -0.1) is 0 Å². The molecule has 0 aliphatic carbocycles. The highest BCUT2D eigenvalue weighted by Gasteiger charge is 2.12. The van der Waals surface area contributed by atoms with Gasteiger partial charge < -0.3 is 5.32 Å². The number of carbonyl (C=O) groups excluding carboxylic acids is 1. The molecule has 6 heteroatoms. The molecular formula is C10H9ClN4O. The van der Waals surface area contributed by atoms with Crippen LogP contribution in [0.1, 0.15) is 16.2 Å². The molecule has 0 spiro atoms. The SMILES string of the molecule is Cc1n[nH]nc1C(=O)Nc1ccc(Cl)cc1. The number of H-pyrrole nitrogens is 1. The van der Waals surface area contributed by atoms with Crippen molar-refractivity contribution in [3.8, 4) is 0 Å². The average Bonchev–Trinajstić information content (AvgIpc) is 2.68. The van der Waals surface area contributed by atoms with Gasteiger partial charge in [0.25, 0.3) is 5.91 Å². The first kappa shape index (κ1) is 10.6. The number of aromatic nitrogens is 3. The van der Waals surface area contributed by atoms with Crippen molar-refractivity contribution in [1.82, 2.24) is 15.4 Å². The van der Waals surface area contributed by atoms with E-state index >= 15 is 0 Å². The molecule has 1 heterocycles. The Bertz CT molecular complexity index is 506. The number of anilines is 1. The number of carbonyl (C=O) groups is 1. The lowest BCUT2D eigenvalue weighted by Gasteiger charge is -2.02. The summed E-state index contributed by atoms with van der Waals surface area (Å²) in [5.41, 5.74) is 1.51. The molecule has 0 aliphatic heterocycles. The van der Waals surface area contributed by atoms with Crippen LogP contribution in [0.5, 0.6) is 0 Å². The number of rotatable bonds is 2. The number of nitrogens with zero attached hydrogens (tertiary/aromatic N) is 2. The Labute approximate surface area is 96.8 Å². The molecule has 1 aromatic heterocycles. The normalized spacial score (nSPS) is 10.1. The van der Waals surface area contributed by atoms with Crippen molar-refractivity contribution in [3.05, 3.63) is 40.7 Å². The fourth-order valence-corrected chi connectivity index (χ4v) is 1.35.